The van der Waals surface area contributed by atoms with E-state index in [9.17, 15) is 4.79 Å². The molecule has 0 atom stereocenters. The van der Waals surface area contributed by atoms with Crippen molar-refractivity contribution in [1.82, 2.24) is 15.0 Å². The summed E-state index contributed by atoms with van der Waals surface area (Å²) < 4.78 is 0. The summed E-state index contributed by atoms with van der Waals surface area (Å²) in [5, 5.41) is 4.40. The van der Waals surface area contributed by atoms with E-state index in [1.165, 1.54) is 11.8 Å². The van der Waals surface area contributed by atoms with Gasteiger partial charge in [-0.05, 0) is 43.3 Å². The number of halogens is 2. The van der Waals surface area contributed by atoms with Gasteiger partial charge in [0.1, 0.15) is 5.03 Å². The van der Waals surface area contributed by atoms with E-state index in [0.717, 1.165) is 11.3 Å². The molecule has 2 heterocycles. The van der Waals surface area contributed by atoms with E-state index >= 15 is 0 Å². The summed E-state index contributed by atoms with van der Waals surface area (Å²) in [4.78, 5) is 25.2. The van der Waals surface area contributed by atoms with Crippen molar-refractivity contribution in [3.05, 3.63) is 64.5 Å². The van der Waals surface area contributed by atoms with Gasteiger partial charge in [0, 0.05) is 28.7 Å². The summed E-state index contributed by atoms with van der Waals surface area (Å²) in [6.07, 6.45) is 3.40. The van der Waals surface area contributed by atoms with Crippen molar-refractivity contribution in [1.29, 1.82) is 0 Å². The Hall–Kier alpha value is -2.15. The standard InChI is InChI=1S/C18H14Cl2N4OS/c1-11-7-17(24-18(22-11)12-3-2-6-21-9-12)26-10-16(25)23-15-8-13(19)4-5-14(15)20/h2-9H,10H2,1H3,(H,23,25). The number of pyridine rings is 1. The molecule has 2 aromatic heterocycles. The minimum atomic E-state index is -0.196. The van der Waals surface area contributed by atoms with Crippen LogP contribution in [0.4, 0.5) is 5.69 Å². The van der Waals surface area contributed by atoms with Crippen molar-refractivity contribution in [2.24, 2.45) is 0 Å². The molecule has 0 bridgehead atoms. The minimum Gasteiger partial charge on any atom is -0.324 e. The molecule has 1 amide bonds. The molecule has 26 heavy (non-hydrogen) atoms. The van der Waals surface area contributed by atoms with Gasteiger partial charge in [-0.1, -0.05) is 35.0 Å². The summed E-state index contributed by atoms with van der Waals surface area (Å²) in [6, 6.07) is 10.5. The third kappa shape index (κ3) is 4.94. The van der Waals surface area contributed by atoms with Crippen LogP contribution in [0.15, 0.2) is 53.8 Å². The maximum absolute atomic E-state index is 12.2. The quantitative estimate of drug-likeness (QED) is 0.484. The monoisotopic (exact) mass is 404 g/mol. The molecule has 0 aliphatic heterocycles. The van der Waals surface area contributed by atoms with E-state index in [0.29, 0.717) is 26.6 Å². The van der Waals surface area contributed by atoms with Crippen LogP contribution < -0.4 is 5.32 Å². The van der Waals surface area contributed by atoms with Crippen molar-refractivity contribution in [2.75, 3.05) is 11.1 Å². The zero-order valence-electron chi connectivity index (χ0n) is 13.7. The second kappa shape index (κ2) is 8.49. The van der Waals surface area contributed by atoms with Crippen LogP contribution in [-0.4, -0.2) is 26.6 Å². The van der Waals surface area contributed by atoms with Crippen LogP contribution in [0.1, 0.15) is 5.69 Å². The largest absolute Gasteiger partial charge is 0.324 e. The van der Waals surface area contributed by atoms with E-state index in [1.807, 2.05) is 25.1 Å². The van der Waals surface area contributed by atoms with Crippen LogP contribution in [0, 0.1) is 6.92 Å². The average Bonchev–Trinajstić information content (AvgIpc) is 2.63. The number of rotatable bonds is 5. The second-order valence-corrected chi connectivity index (χ2v) is 7.21. The molecular formula is C18H14Cl2N4OS. The maximum Gasteiger partial charge on any atom is 0.234 e. The van der Waals surface area contributed by atoms with Gasteiger partial charge < -0.3 is 5.32 Å². The summed E-state index contributed by atoms with van der Waals surface area (Å²) in [7, 11) is 0. The van der Waals surface area contributed by atoms with Crippen LogP contribution in [-0.2, 0) is 4.79 Å². The molecule has 5 nitrogen and oxygen atoms in total. The Bertz CT molecular complexity index is 938. The van der Waals surface area contributed by atoms with Gasteiger partial charge in [0.25, 0.3) is 0 Å². The van der Waals surface area contributed by atoms with Crippen molar-refractivity contribution in [3.63, 3.8) is 0 Å². The first-order valence-corrected chi connectivity index (χ1v) is 9.39. The number of aromatic nitrogens is 3. The predicted octanol–water partition coefficient (Wildman–Crippen LogP) is 4.88. The lowest BCUT2D eigenvalue weighted by Gasteiger charge is -2.08. The first kappa shape index (κ1) is 18.6. The molecule has 0 aliphatic rings. The first-order valence-electron chi connectivity index (χ1n) is 7.65. The zero-order chi connectivity index (χ0) is 18.5. The van der Waals surface area contributed by atoms with Crippen molar-refractivity contribution >= 4 is 46.6 Å². The van der Waals surface area contributed by atoms with E-state index in [-0.39, 0.29) is 11.7 Å². The molecule has 132 valence electrons. The van der Waals surface area contributed by atoms with Gasteiger partial charge in [-0.25, -0.2) is 9.97 Å². The number of nitrogens with one attached hydrogen (secondary N) is 1. The molecule has 0 saturated carbocycles. The highest BCUT2D eigenvalue weighted by Crippen LogP contribution is 2.26. The molecule has 0 spiro atoms. The predicted molar refractivity (Wildman–Crippen MR) is 106 cm³/mol. The van der Waals surface area contributed by atoms with Gasteiger partial charge in [-0.2, -0.15) is 0 Å². The molecule has 0 fully saturated rings. The Morgan fingerprint density at radius 3 is 2.81 bits per heavy atom. The van der Waals surface area contributed by atoms with Crippen LogP contribution in [0.2, 0.25) is 10.0 Å². The molecule has 0 saturated heterocycles. The topological polar surface area (TPSA) is 67.8 Å². The lowest BCUT2D eigenvalue weighted by atomic mass is 10.2. The van der Waals surface area contributed by atoms with Crippen molar-refractivity contribution < 1.29 is 4.79 Å². The van der Waals surface area contributed by atoms with Gasteiger partial charge >= 0.3 is 0 Å². The normalized spacial score (nSPS) is 10.6. The molecule has 1 aromatic carbocycles. The Morgan fingerprint density at radius 2 is 2.04 bits per heavy atom. The highest BCUT2D eigenvalue weighted by atomic mass is 35.5. The van der Waals surface area contributed by atoms with Crippen LogP contribution in [0.5, 0.6) is 0 Å². The van der Waals surface area contributed by atoms with Crippen molar-refractivity contribution in [2.45, 2.75) is 11.9 Å². The molecule has 0 unspecified atom stereocenters. The highest BCUT2D eigenvalue weighted by molar-refractivity contribution is 7.99. The molecule has 0 radical (unpaired) electrons. The van der Waals surface area contributed by atoms with Gasteiger partial charge in [-0.15, -0.1) is 0 Å². The Balaban J connectivity index is 1.68. The number of carbonyl (C=O) groups is 1. The molecule has 3 rings (SSSR count). The summed E-state index contributed by atoms with van der Waals surface area (Å²) in [6.45, 7) is 1.89. The number of aryl methyl sites for hydroxylation is 1. The molecule has 1 N–H and O–H groups in total. The molecule has 3 aromatic rings. The lowest BCUT2D eigenvalue weighted by molar-refractivity contribution is -0.113. The fourth-order valence-electron chi connectivity index (χ4n) is 2.16. The SMILES string of the molecule is Cc1cc(SCC(=O)Nc2cc(Cl)ccc2Cl)nc(-c2cccnc2)n1. The zero-order valence-corrected chi connectivity index (χ0v) is 16.1. The van der Waals surface area contributed by atoms with Gasteiger partial charge in [0.2, 0.25) is 5.91 Å². The summed E-state index contributed by atoms with van der Waals surface area (Å²) in [5.74, 6) is 0.573. The van der Waals surface area contributed by atoms with Crippen LogP contribution in [0.25, 0.3) is 11.4 Å². The number of thioether (sulfide) groups is 1. The van der Waals surface area contributed by atoms with E-state index in [2.05, 4.69) is 20.3 Å². The maximum atomic E-state index is 12.2. The average molecular weight is 405 g/mol. The number of anilines is 1. The number of hydrogen-bond acceptors (Lipinski definition) is 5. The van der Waals surface area contributed by atoms with Gasteiger partial charge in [0.05, 0.1) is 16.5 Å². The van der Waals surface area contributed by atoms with E-state index in [4.69, 9.17) is 23.2 Å². The Morgan fingerprint density at radius 1 is 1.19 bits per heavy atom. The molecule has 0 aliphatic carbocycles. The van der Waals surface area contributed by atoms with E-state index in [1.54, 1.807) is 30.6 Å². The Kier molecular flexibility index (Phi) is 6.08. The van der Waals surface area contributed by atoms with Crippen molar-refractivity contribution in [3.8, 4) is 11.4 Å². The fraction of sp³-hybridized carbons (Fsp3) is 0.111. The first-order chi connectivity index (χ1) is 12.5. The summed E-state index contributed by atoms with van der Waals surface area (Å²) in [5.41, 5.74) is 2.13. The van der Waals surface area contributed by atoms with Gasteiger partial charge in [0.15, 0.2) is 5.82 Å². The molecule has 8 heteroatoms. The smallest absolute Gasteiger partial charge is 0.234 e. The number of benzene rings is 1. The third-order valence-electron chi connectivity index (χ3n) is 3.30. The third-order valence-corrected chi connectivity index (χ3v) is 4.78. The Labute approximate surface area is 165 Å². The number of hydrogen-bond donors (Lipinski definition) is 1. The highest BCUT2D eigenvalue weighted by Gasteiger charge is 2.10. The number of amides is 1. The van der Waals surface area contributed by atoms with E-state index < -0.39 is 0 Å². The molecular weight excluding hydrogens is 391 g/mol. The minimum absolute atomic E-state index is 0.186. The van der Waals surface area contributed by atoms with Gasteiger partial charge in [-0.3, -0.25) is 9.78 Å². The van der Waals surface area contributed by atoms with Crippen LogP contribution >= 0.6 is 35.0 Å². The number of nitrogens with zero attached hydrogens (tertiary/aromatic N) is 3. The summed E-state index contributed by atoms with van der Waals surface area (Å²) >= 11 is 13.3. The van der Waals surface area contributed by atoms with Crippen LogP contribution in [0.3, 0.4) is 0 Å². The number of carbonyl (C=O) groups excluding carboxylic acids is 1. The second-order valence-electron chi connectivity index (χ2n) is 5.37. The fourth-order valence-corrected chi connectivity index (χ4v) is 3.25. The lowest BCUT2D eigenvalue weighted by Crippen LogP contribution is -2.14.